The summed E-state index contributed by atoms with van der Waals surface area (Å²) in [5, 5.41) is 12.3. The van der Waals surface area contributed by atoms with Gasteiger partial charge in [-0.3, -0.25) is 0 Å². The Morgan fingerprint density at radius 1 is 1.31 bits per heavy atom. The van der Waals surface area contributed by atoms with Crippen LogP contribution >= 0.6 is 0 Å². The summed E-state index contributed by atoms with van der Waals surface area (Å²) in [4.78, 5) is 0. The summed E-state index contributed by atoms with van der Waals surface area (Å²) in [7, 11) is 0. The molecule has 0 amide bonds. The van der Waals surface area contributed by atoms with Crippen molar-refractivity contribution in [1.82, 2.24) is 20.1 Å². The van der Waals surface area contributed by atoms with Crippen LogP contribution in [0.1, 0.15) is 50.8 Å². The van der Waals surface area contributed by atoms with E-state index in [0.29, 0.717) is 11.5 Å². The zero-order chi connectivity index (χ0) is 11.2. The number of piperidine rings is 1. The molecule has 0 bridgehead atoms. The average Bonchev–Trinajstić information content (AvgIpc) is 2.79. The fraction of sp³-hybridized carbons (Fsp3) is 0.833. The van der Waals surface area contributed by atoms with E-state index in [1.807, 2.05) is 0 Å². The number of rotatable bonds is 1. The SMILES string of the molecule is CC1(C)CCCNC1c1nnc2n1CCC2. The van der Waals surface area contributed by atoms with Crippen LogP contribution in [0.5, 0.6) is 0 Å². The topological polar surface area (TPSA) is 42.7 Å². The Bertz CT molecular complexity index is 394. The van der Waals surface area contributed by atoms with Crippen molar-refractivity contribution in [2.45, 2.75) is 52.1 Å². The highest BCUT2D eigenvalue weighted by Crippen LogP contribution is 2.39. The van der Waals surface area contributed by atoms with E-state index in [-0.39, 0.29) is 0 Å². The highest BCUT2D eigenvalue weighted by Gasteiger charge is 2.37. The van der Waals surface area contributed by atoms with Crippen molar-refractivity contribution in [1.29, 1.82) is 0 Å². The molecule has 1 aromatic rings. The van der Waals surface area contributed by atoms with Gasteiger partial charge in [0, 0.05) is 13.0 Å². The van der Waals surface area contributed by atoms with Gasteiger partial charge < -0.3 is 9.88 Å². The molecule has 2 aliphatic heterocycles. The van der Waals surface area contributed by atoms with Crippen molar-refractivity contribution in [2.75, 3.05) is 6.54 Å². The maximum absolute atomic E-state index is 4.41. The molecular formula is C12H20N4. The van der Waals surface area contributed by atoms with Gasteiger partial charge >= 0.3 is 0 Å². The summed E-state index contributed by atoms with van der Waals surface area (Å²) in [5.41, 5.74) is 0.296. The zero-order valence-corrected chi connectivity index (χ0v) is 10.2. The average molecular weight is 220 g/mol. The number of hydrogen-bond acceptors (Lipinski definition) is 3. The Kier molecular flexibility index (Phi) is 2.28. The third-order valence-corrected chi connectivity index (χ3v) is 4.02. The predicted octanol–water partition coefficient (Wildman–Crippen LogP) is 1.68. The highest BCUT2D eigenvalue weighted by atomic mass is 15.3. The van der Waals surface area contributed by atoms with Crippen LogP contribution in [0.4, 0.5) is 0 Å². The number of nitrogens with one attached hydrogen (secondary N) is 1. The maximum atomic E-state index is 4.41. The van der Waals surface area contributed by atoms with Crippen LogP contribution in [-0.2, 0) is 13.0 Å². The van der Waals surface area contributed by atoms with Crippen LogP contribution < -0.4 is 5.32 Å². The van der Waals surface area contributed by atoms with E-state index in [2.05, 4.69) is 33.9 Å². The number of aryl methyl sites for hydroxylation is 1. The molecule has 0 radical (unpaired) electrons. The lowest BCUT2D eigenvalue weighted by atomic mass is 9.77. The summed E-state index contributed by atoms with van der Waals surface area (Å²) in [5.74, 6) is 2.34. The molecule has 0 aromatic carbocycles. The lowest BCUT2D eigenvalue weighted by molar-refractivity contribution is 0.170. The van der Waals surface area contributed by atoms with Crippen LogP contribution in [0.25, 0.3) is 0 Å². The van der Waals surface area contributed by atoms with Crippen LogP contribution in [0, 0.1) is 5.41 Å². The minimum absolute atomic E-state index is 0.296. The third kappa shape index (κ3) is 1.47. The third-order valence-electron chi connectivity index (χ3n) is 4.02. The molecule has 1 saturated heterocycles. The summed E-state index contributed by atoms with van der Waals surface area (Å²) < 4.78 is 2.32. The van der Waals surface area contributed by atoms with Gasteiger partial charge in [0.1, 0.15) is 5.82 Å². The van der Waals surface area contributed by atoms with Crippen LogP contribution in [0.2, 0.25) is 0 Å². The number of hydrogen-bond donors (Lipinski definition) is 1. The van der Waals surface area contributed by atoms with E-state index in [9.17, 15) is 0 Å². The molecule has 1 atom stereocenters. The maximum Gasteiger partial charge on any atom is 0.150 e. The first-order chi connectivity index (χ1) is 7.68. The zero-order valence-electron chi connectivity index (χ0n) is 10.2. The first-order valence-electron chi connectivity index (χ1n) is 6.34. The summed E-state index contributed by atoms with van der Waals surface area (Å²) in [6.07, 6.45) is 4.86. The van der Waals surface area contributed by atoms with Gasteiger partial charge in [-0.05, 0) is 31.2 Å². The predicted molar refractivity (Wildman–Crippen MR) is 62.1 cm³/mol. The second kappa shape index (κ2) is 3.55. The standard InChI is InChI=1S/C12H20N4/c1-12(2)6-4-7-13-10(12)11-15-14-9-5-3-8-16(9)11/h10,13H,3-8H2,1-2H3. The van der Waals surface area contributed by atoms with E-state index >= 15 is 0 Å². The quantitative estimate of drug-likeness (QED) is 0.783. The summed E-state index contributed by atoms with van der Waals surface area (Å²) >= 11 is 0. The van der Waals surface area contributed by atoms with Crippen LogP contribution in [0.3, 0.4) is 0 Å². The molecule has 1 aromatic heterocycles. The van der Waals surface area contributed by atoms with Gasteiger partial charge in [-0.15, -0.1) is 10.2 Å². The van der Waals surface area contributed by atoms with Crippen LogP contribution in [0.15, 0.2) is 0 Å². The van der Waals surface area contributed by atoms with Crippen molar-refractivity contribution in [2.24, 2.45) is 5.41 Å². The van der Waals surface area contributed by atoms with Gasteiger partial charge in [-0.1, -0.05) is 13.8 Å². The molecule has 88 valence electrons. The van der Waals surface area contributed by atoms with Gasteiger partial charge in [-0.25, -0.2) is 0 Å². The Hall–Kier alpha value is -0.900. The van der Waals surface area contributed by atoms with E-state index in [0.717, 1.165) is 25.3 Å². The lowest BCUT2D eigenvalue weighted by Gasteiger charge is -2.38. The molecule has 16 heavy (non-hydrogen) atoms. The normalized spacial score (nSPS) is 28.0. The molecule has 1 unspecified atom stereocenters. The molecule has 4 heteroatoms. The molecule has 3 rings (SSSR count). The van der Waals surface area contributed by atoms with Crippen molar-refractivity contribution >= 4 is 0 Å². The smallest absolute Gasteiger partial charge is 0.150 e. The fourth-order valence-corrected chi connectivity index (χ4v) is 3.04. The summed E-state index contributed by atoms with van der Waals surface area (Å²) in [6.45, 7) is 6.88. The first-order valence-corrected chi connectivity index (χ1v) is 6.34. The van der Waals surface area contributed by atoms with Crippen molar-refractivity contribution in [3.63, 3.8) is 0 Å². The second-order valence-corrected chi connectivity index (χ2v) is 5.71. The molecule has 3 heterocycles. The highest BCUT2D eigenvalue weighted by molar-refractivity contribution is 5.09. The first kappa shape index (κ1) is 10.3. The van der Waals surface area contributed by atoms with Gasteiger partial charge in [0.05, 0.1) is 6.04 Å². The van der Waals surface area contributed by atoms with Gasteiger partial charge in [0.2, 0.25) is 0 Å². The minimum atomic E-state index is 0.296. The minimum Gasteiger partial charge on any atom is -0.314 e. The Morgan fingerprint density at radius 3 is 3.00 bits per heavy atom. The Morgan fingerprint density at radius 2 is 2.19 bits per heavy atom. The molecule has 2 aliphatic rings. The second-order valence-electron chi connectivity index (χ2n) is 5.71. The van der Waals surface area contributed by atoms with Crippen LogP contribution in [-0.4, -0.2) is 21.3 Å². The monoisotopic (exact) mass is 220 g/mol. The molecule has 4 nitrogen and oxygen atoms in total. The number of nitrogens with zero attached hydrogens (tertiary/aromatic N) is 3. The fourth-order valence-electron chi connectivity index (χ4n) is 3.04. The van der Waals surface area contributed by atoms with Gasteiger partial charge in [-0.2, -0.15) is 0 Å². The molecule has 0 spiro atoms. The molecule has 1 fully saturated rings. The summed E-state index contributed by atoms with van der Waals surface area (Å²) in [6, 6.07) is 0.376. The van der Waals surface area contributed by atoms with Gasteiger partial charge in [0.15, 0.2) is 5.82 Å². The Labute approximate surface area is 96.4 Å². The number of aromatic nitrogens is 3. The van der Waals surface area contributed by atoms with Gasteiger partial charge in [0.25, 0.3) is 0 Å². The lowest BCUT2D eigenvalue weighted by Crippen LogP contribution is -2.41. The molecule has 0 saturated carbocycles. The van der Waals surface area contributed by atoms with E-state index in [4.69, 9.17) is 0 Å². The molecular weight excluding hydrogens is 200 g/mol. The van der Waals surface area contributed by atoms with E-state index in [1.54, 1.807) is 0 Å². The molecule has 1 N–H and O–H groups in total. The number of fused-ring (bicyclic) bond motifs is 1. The van der Waals surface area contributed by atoms with E-state index < -0.39 is 0 Å². The van der Waals surface area contributed by atoms with E-state index in [1.165, 1.54) is 25.1 Å². The molecule has 0 aliphatic carbocycles. The largest absolute Gasteiger partial charge is 0.314 e. The van der Waals surface area contributed by atoms with Crippen molar-refractivity contribution in [3.8, 4) is 0 Å². The van der Waals surface area contributed by atoms with Crippen molar-refractivity contribution in [3.05, 3.63) is 11.6 Å². The Balaban J connectivity index is 1.96. The van der Waals surface area contributed by atoms with Crippen molar-refractivity contribution < 1.29 is 0 Å².